The van der Waals surface area contributed by atoms with Crippen molar-refractivity contribution in [3.63, 3.8) is 0 Å². The minimum absolute atomic E-state index is 0.232. The van der Waals surface area contributed by atoms with Gasteiger partial charge in [-0.05, 0) is 74.4 Å². The molecular formula is C26H28N2. The van der Waals surface area contributed by atoms with Gasteiger partial charge in [0.1, 0.15) is 0 Å². The van der Waals surface area contributed by atoms with Crippen LogP contribution in [0.4, 0.5) is 0 Å². The molecule has 1 atom stereocenters. The summed E-state index contributed by atoms with van der Waals surface area (Å²) < 4.78 is 0. The van der Waals surface area contributed by atoms with Gasteiger partial charge in [0.25, 0.3) is 0 Å². The van der Waals surface area contributed by atoms with Crippen molar-refractivity contribution in [2.45, 2.75) is 40.0 Å². The summed E-state index contributed by atoms with van der Waals surface area (Å²) in [5, 5.41) is 2.55. The van der Waals surface area contributed by atoms with E-state index in [4.69, 9.17) is 0 Å². The van der Waals surface area contributed by atoms with Crippen molar-refractivity contribution in [2.24, 2.45) is 0 Å². The Morgan fingerprint density at radius 3 is 2.54 bits per heavy atom. The molecule has 2 aromatic carbocycles. The highest BCUT2D eigenvalue weighted by molar-refractivity contribution is 5.86. The second-order valence-electron chi connectivity index (χ2n) is 8.16. The monoisotopic (exact) mass is 368 g/mol. The van der Waals surface area contributed by atoms with Gasteiger partial charge >= 0.3 is 0 Å². The molecule has 2 N–H and O–H groups in total. The van der Waals surface area contributed by atoms with Crippen LogP contribution in [0.1, 0.15) is 50.3 Å². The van der Waals surface area contributed by atoms with Gasteiger partial charge in [0.05, 0.1) is 0 Å². The van der Waals surface area contributed by atoms with E-state index in [2.05, 4.69) is 98.5 Å². The molecule has 4 rings (SSSR count). The van der Waals surface area contributed by atoms with Gasteiger partial charge in [-0.1, -0.05) is 47.6 Å². The number of aromatic nitrogens is 2. The van der Waals surface area contributed by atoms with Crippen molar-refractivity contribution >= 4 is 21.8 Å². The van der Waals surface area contributed by atoms with Crippen LogP contribution < -0.4 is 0 Å². The van der Waals surface area contributed by atoms with Crippen molar-refractivity contribution < 1.29 is 0 Å². The highest BCUT2D eigenvalue weighted by Crippen LogP contribution is 2.34. The van der Waals surface area contributed by atoms with Crippen LogP contribution in [0.3, 0.4) is 0 Å². The largest absolute Gasteiger partial charge is 0.361 e. The molecule has 4 aromatic rings. The van der Waals surface area contributed by atoms with Gasteiger partial charge in [-0.15, -0.1) is 0 Å². The maximum absolute atomic E-state index is 3.51. The SMILES string of the molecule is CC(C)=CCc1ccc2c(C(C=C(C)C)c3ccc4cc[nH]c4c3)c[nH]c2c1. The van der Waals surface area contributed by atoms with E-state index in [0.29, 0.717) is 0 Å². The number of rotatable bonds is 5. The van der Waals surface area contributed by atoms with E-state index < -0.39 is 0 Å². The van der Waals surface area contributed by atoms with Crippen LogP contribution in [0.2, 0.25) is 0 Å². The number of aromatic amines is 2. The van der Waals surface area contributed by atoms with E-state index in [0.717, 1.165) is 6.42 Å². The number of allylic oxidation sites excluding steroid dienone is 4. The standard InChI is InChI=1S/C26H28N2/c1-17(2)5-6-19-7-10-22-24(16-28-26(22)14-19)23(13-18(3)4)21-9-8-20-11-12-27-25(20)15-21/h5,7-16,23,27-28H,6H2,1-4H3. The molecule has 0 amide bonds. The lowest BCUT2D eigenvalue weighted by Gasteiger charge is -2.15. The number of nitrogens with one attached hydrogen (secondary N) is 2. The highest BCUT2D eigenvalue weighted by Gasteiger charge is 2.17. The maximum atomic E-state index is 3.51. The van der Waals surface area contributed by atoms with E-state index in [9.17, 15) is 0 Å². The molecule has 0 fully saturated rings. The van der Waals surface area contributed by atoms with Crippen LogP contribution in [0.15, 0.2) is 78.2 Å². The van der Waals surface area contributed by atoms with Crippen LogP contribution >= 0.6 is 0 Å². The van der Waals surface area contributed by atoms with Gasteiger partial charge in [0.15, 0.2) is 0 Å². The molecule has 2 aromatic heterocycles. The van der Waals surface area contributed by atoms with E-state index in [1.54, 1.807) is 0 Å². The third kappa shape index (κ3) is 3.68. The molecule has 0 radical (unpaired) electrons. The van der Waals surface area contributed by atoms with Crippen molar-refractivity contribution in [2.75, 3.05) is 0 Å². The van der Waals surface area contributed by atoms with Crippen LogP contribution in [0.25, 0.3) is 21.8 Å². The van der Waals surface area contributed by atoms with Gasteiger partial charge in [-0.25, -0.2) is 0 Å². The van der Waals surface area contributed by atoms with E-state index in [1.807, 2.05) is 6.20 Å². The van der Waals surface area contributed by atoms with E-state index in [1.165, 1.54) is 49.6 Å². The number of benzene rings is 2. The van der Waals surface area contributed by atoms with Crippen LogP contribution in [0.5, 0.6) is 0 Å². The third-order valence-electron chi connectivity index (χ3n) is 5.30. The molecule has 2 heterocycles. The fraction of sp³-hybridized carbons (Fsp3) is 0.231. The first-order valence-electron chi connectivity index (χ1n) is 9.96. The number of hydrogen-bond donors (Lipinski definition) is 2. The summed E-state index contributed by atoms with van der Waals surface area (Å²) in [6, 6.07) is 15.7. The number of H-pyrrole nitrogens is 2. The maximum Gasteiger partial charge on any atom is 0.0460 e. The highest BCUT2D eigenvalue weighted by atomic mass is 14.7. The van der Waals surface area contributed by atoms with Gasteiger partial charge in [-0.3, -0.25) is 0 Å². The minimum Gasteiger partial charge on any atom is -0.361 e. The van der Waals surface area contributed by atoms with Gasteiger partial charge in [0.2, 0.25) is 0 Å². The Hall–Kier alpha value is -3.00. The summed E-state index contributed by atoms with van der Waals surface area (Å²) in [6.45, 7) is 8.64. The van der Waals surface area contributed by atoms with Gasteiger partial charge in [0, 0.05) is 34.7 Å². The predicted molar refractivity (Wildman–Crippen MR) is 121 cm³/mol. The molecule has 0 aliphatic heterocycles. The molecule has 2 nitrogen and oxygen atoms in total. The minimum atomic E-state index is 0.232. The fourth-order valence-electron chi connectivity index (χ4n) is 3.86. The normalized spacial score (nSPS) is 12.3. The first kappa shape index (κ1) is 18.4. The summed E-state index contributed by atoms with van der Waals surface area (Å²) >= 11 is 0. The molecule has 0 aliphatic rings. The molecule has 0 aliphatic carbocycles. The Bertz CT molecular complexity index is 1180. The number of hydrogen-bond acceptors (Lipinski definition) is 0. The van der Waals surface area contributed by atoms with Crippen LogP contribution in [-0.2, 0) is 6.42 Å². The number of fused-ring (bicyclic) bond motifs is 2. The Balaban J connectivity index is 1.79. The van der Waals surface area contributed by atoms with E-state index in [-0.39, 0.29) is 5.92 Å². The molecule has 0 saturated carbocycles. The van der Waals surface area contributed by atoms with Gasteiger partial charge in [-0.2, -0.15) is 0 Å². The lowest BCUT2D eigenvalue weighted by molar-refractivity contribution is 1.02. The van der Waals surface area contributed by atoms with Gasteiger partial charge < -0.3 is 9.97 Å². The Labute approximate surface area is 167 Å². The fourth-order valence-corrected chi connectivity index (χ4v) is 3.86. The Morgan fingerprint density at radius 1 is 0.893 bits per heavy atom. The molecule has 0 bridgehead atoms. The van der Waals surface area contributed by atoms with Crippen molar-refractivity contribution in [1.29, 1.82) is 0 Å². The molecule has 142 valence electrons. The van der Waals surface area contributed by atoms with Crippen molar-refractivity contribution in [1.82, 2.24) is 9.97 Å². The molecule has 0 spiro atoms. The Morgan fingerprint density at radius 2 is 1.75 bits per heavy atom. The Kier molecular flexibility index (Phi) is 4.95. The summed E-state index contributed by atoms with van der Waals surface area (Å²) in [5.74, 6) is 0.232. The summed E-state index contributed by atoms with van der Waals surface area (Å²) in [6.07, 6.45) is 9.81. The average molecular weight is 369 g/mol. The van der Waals surface area contributed by atoms with Crippen LogP contribution in [0, 0.1) is 0 Å². The zero-order chi connectivity index (χ0) is 19.7. The molecule has 0 saturated heterocycles. The van der Waals surface area contributed by atoms with Crippen LogP contribution in [-0.4, -0.2) is 9.97 Å². The first-order valence-corrected chi connectivity index (χ1v) is 9.96. The molecule has 28 heavy (non-hydrogen) atoms. The predicted octanol–water partition coefficient (Wildman–Crippen LogP) is 7.26. The second-order valence-corrected chi connectivity index (χ2v) is 8.16. The second kappa shape index (κ2) is 7.55. The summed E-state index contributed by atoms with van der Waals surface area (Å²) in [4.78, 5) is 6.86. The lowest BCUT2D eigenvalue weighted by Crippen LogP contribution is -1.98. The smallest absolute Gasteiger partial charge is 0.0460 e. The average Bonchev–Trinajstić information content (AvgIpc) is 3.30. The van der Waals surface area contributed by atoms with E-state index >= 15 is 0 Å². The quantitative estimate of drug-likeness (QED) is 0.348. The zero-order valence-corrected chi connectivity index (χ0v) is 17.1. The summed E-state index contributed by atoms with van der Waals surface area (Å²) in [7, 11) is 0. The molecular weight excluding hydrogens is 340 g/mol. The topological polar surface area (TPSA) is 31.6 Å². The summed E-state index contributed by atoms with van der Waals surface area (Å²) in [5.41, 5.74) is 9.06. The zero-order valence-electron chi connectivity index (χ0n) is 17.1. The molecule has 2 heteroatoms. The first-order chi connectivity index (χ1) is 13.5. The molecule has 1 unspecified atom stereocenters. The van der Waals surface area contributed by atoms with Crippen molar-refractivity contribution in [3.05, 3.63) is 94.8 Å². The third-order valence-corrected chi connectivity index (χ3v) is 5.30. The van der Waals surface area contributed by atoms with Crippen molar-refractivity contribution in [3.8, 4) is 0 Å². The lowest BCUT2D eigenvalue weighted by atomic mass is 9.89.